The SMILES string of the molecule is c1ccc(-c2cc(-c3cccc(-c4cccc(-n5c6ccccc6c6ccccc65)c4)c3)nc(-c3cccc(-c4cccc(-n5c6ccccc6c6ccccc65)c4)c3)c2)cc1. The normalized spacial score (nSPS) is 11.5. The van der Waals surface area contributed by atoms with Crippen molar-refractivity contribution in [3.05, 3.63) is 237 Å². The Morgan fingerprint density at radius 2 is 0.548 bits per heavy atom. The molecule has 3 heteroatoms. The Kier molecular flexibility index (Phi) is 8.50. The van der Waals surface area contributed by atoms with Gasteiger partial charge in [0, 0.05) is 44.0 Å². The number of hydrogen-bond donors (Lipinski definition) is 0. The molecule has 9 aromatic carbocycles. The molecule has 290 valence electrons. The molecule has 0 radical (unpaired) electrons. The fourth-order valence-corrected chi connectivity index (χ4v) is 9.39. The van der Waals surface area contributed by atoms with Crippen molar-refractivity contribution in [1.82, 2.24) is 14.1 Å². The summed E-state index contributed by atoms with van der Waals surface area (Å²) in [6, 6.07) is 85.2. The third-order valence-corrected chi connectivity index (χ3v) is 12.3. The van der Waals surface area contributed by atoms with Gasteiger partial charge < -0.3 is 9.13 Å². The standard InChI is InChI=1S/C59H39N3/c1-2-16-40(17-3-1)47-38-54(45-22-12-18-41(34-45)43-20-14-24-48(36-43)61-56-30-8-4-26-50(56)51-27-5-9-31-57(51)61)60-55(39-47)46-23-13-19-42(35-46)44-21-15-25-49(37-44)62-58-32-10-6-28-52(58)53-29-7-11-33-59(53)62/h1-39H. The minimum Gasteiger partial charge on any atom is -0.309 e. The van der Waals surface area contributed by atoms with E-state index in [1.165, 1.54) is 43.6 Å². The van der Waals surface area contributed by atoms with Crippen LogP contribution < -0.4 is 0 Å². The molecule has 0 amide bonds. The van der Waals surface area contributed by atoms with Gasteiger partial charge in [-0.15, -0.1) is 0 Å². The molecular formula is C59H39N3. The zero-order chi connectivity index (χ0) is 41.0. The van der Waals surface area contributed by atoms with E-state index in [-0.39, 0.29) is 0 Å². The van der Waals surface area contributed by atoms with Gasteiger partial charge in [0.05, 0.1) is 33.5 Å². The summed E-state index contributed by atoms with van der Waals surface area (Å²) < 4.78 is 4.76. The van der Waals surface area contributed by atoms with Crippen molar-refractivity contribution in [2.45, 2.75) is 0 Å². The van der Waals surface area contributed by atoms with Crippen molar-refractivity contribution in [3.63, 3.8) is 0 Å². The maximum absolute atomic E-state index is 5.41. The van der Waals surface area contributed by atoms with Crippen LogP contribution in [-0.4, -0.2) is 14.1 Å². The average molecular weight is 790 g/mol. The lowest BCUT2D eigenvalue weighted by atomic mass is 9.96. The first kappa shape index (κ1) is 35.7. The molecule has 3 aromatic heterocycles. The summed E-state index contributed by atoms with van der Waals surface area (Å²) in [5, 5.41) is 5.03. The van der Waals surface area contributed by atoms with Crippen LogP contribution in [0.5, 0.6) is 0 Å². The van der Waals surface area contributed by atoms with Gasteiger partial charge in [-0.1, -0.05) is 164 Å². The molecule has 0 spiro atoms. The largest absolute Gasteiger partial charge is 0.309 e. The highest BCUT2D eigenvalue weighted by Gasteiger charge is 2.16. The van der Waals surface area contributed by atoms with Crippen molar-refractivity contribution >= 4 is 43.6 Å². The number of benzene rings is 9. The zero-order valence-corrected chi connectivity index (χ0v) is 33.9. The van der Waals surface area contributed by atoms with Crippen molar-refractivity contribution in [2.75, 3.05) is 0 Å². The van der Waals surface area contributed by atoms with Crippen LogP contribution in [-0.2, 0) is 0 Å². The molecule has 0 aliphatic rings. The molecule has 12 aromatic rings. The summed E-state index contributed by atoms with van der Waals surface area (Å²) in [5.74, 6) is 0. The van der Waals surface area contributed by atoms with E-state index in [2.05, 4.69) is 246 Å². The predicted octanol–water partition coefficient (Wildman–Crippen LogP) is 15.6. The lowest BCUT2D eigenvalue weighted by Crippen LogP contribution is -1.95. The summed E-state index contributed by atoms with van der Waals surface area (Å²) in [5.41, 5.74) is 18.0. The van der Waals surface area contributed by atoms with Crippen LogP contribution in [0.4, 0.5) is 0 Å². The summed E-state index contributed by atoms with van der Waals surface area (Å²) >= 11 is 0. The molecule has 0 unspecified atom stereocenters. The molecule has 0 N–H and O–H groups in total. The van der Waals surface area contributed by atoms with Crippen LogP contribution in [0, 0.1) is 0 Å². The molecule has 12 rings (SSSR count). The Morgan fingerprint density at radius 1 is 0.226 bits per heavy atom. The molecule has 0 fully saturated rings. The summed E-state index contributed by atoms with van der Waals surface area (Å²) in [7, 11) is 0. The van der Waals surface area contributed by atoms with E-state index in [0.717, 1.165) is 67.3 Å². The van der Waals surface area contributed by atoms with Crippen LogP contribution in [0.2, 0.25) is 0 Å². The number of hydrogen-bond acceptors (Lipinski definition) is 1. The van der Waals surface area contributed by atoms with E-state index >= 15 is 0 Å². The maximum Gasteiger partial charge on any atom is 0.0715 e. The van der Waals surface area contributed by atoms with Crippen molar-refractivity contribution < 1.29 is 0 Å². The second-order valence-electron chi connectivity index (χ2n) is 16.0. The van der Waals surface area contributed by atoms with Gasteiger partial charge in [0.25, 0.3) is 0 Å². The fraction of sp³-hybridized carbons (Fsp3) is 0. The minimum atomic E-state index is 0.931. The number of rotatable bonds is 7. The summed E-state index contributed by atoms with van der Waals surface area (Å²) in [6.07, 6.45) is 0. The highest BCUT2D eigenvalue weighted by Crippen LogP contribution is 2.37. The second kappa shape index (κ2) is 14.8. The van der Waals surface area contributed by atoms with Crippen molar-refractivity contribution in [1.29, 1.82) is 0 Å². The molecule has 3 nitrogen and oxygen atoms in total. The molecule has 0 bridgehead atoms. The van der Waals surface area contributed by atoms with Crippen LogP contribution in [0.1, 0.15) is 0 Å². The first-order valence-electron chi connectivity index (χ1n) is 21.2. The second-order valence-corrected chi connectivity index (χ2v) is 16.0. The molecular weight excluding hydrogens is 751 g/mol. The number of fused-ring (bicyclic) bond motifs is 6. The lowest BCUT2D eigenvalue weighted by molar-refractivity contribution is 1.18. The van der Waals surface area contributed by atoms with E-state index in [4.69, 9.17) is 4.98 Å². The Labute approximate surface area is 360 Å². The minimum absolute atomic E-state index is 0.931. The van der Waals surface area contributed by atoms with Crippen LogP contribution >= 0.6 is 0 Å². The van der Waals surface area contributed by atoms with Crippen molar-refractivity contribution in [3.8, 4) is 67.3 Å². The molecule has 0 aliphatic carbocycles. The monoisotopic (exact) mass is 789 g/mol. The molecule has 3 heterocycles. The van der Waals surface area contributed by atoms with Crippen LogP contribution in [0.15, 0.2) is 237 Å². The van der Waals surface area contributed by atoms with E-state index in [9.17, 15) is 0 Å². The average Bonchev–Trinajstić information content (AvgIpc) is 3.87. The first-order chi connectivity index (χ1) is 30.7. The van der Waals surface area contributed by atoms with Crippen LogP contribution in [0.25, 0.3) is 111 Å². The van der Waals surface area contributed by atoms with Gasteiger partial charge in [0.2, 0.25) is 0 Å². The smallest absolute Gasteiger partial charge is 0.0715 e. The number of para-hydroxylation sites is 4. The third kappa shape index (κ3) is 6.10. The number of pyridine rings is 1. The molecule has 0 saturated carbocycles. The summed E-state index contributed by atoms with van der Waals surface area (Å²) in [6.45, 7) is 0. The van der Waals surface area contributed by atoms with Gasteiger partial charge in [-0.2, -0.15) is 0 Å². The number of aromatic nitrogens is 3. The predicted molar refractivity (Wildman–Crippen MR) is 260 cm³/mol. The van der Waals surface area contributed by atoms with Crippen LogP contribution in [0.3, 0.4) is 0 Å². The zero-order valence-electron chi connectivity index (χ0n) is 33.9. The molecule has 0 atom stereocenters. The maximum atomic E-state index is 5.41. The van der Waals surface area contributed by atoms with Crippen molar-refractivity contribution in [2.24, 2.45) is 0 Å². The van der Waals surface area contributed by atoms with Gasteiger partial charge in [0.15, 0.2) is 0 Å². The molecule has 0 aliphatic heterocycles. The third-order valence-electron chi connectivity index (χ3n) is 12.3. The number of nitrogens with zero attached hydrogens (tertiary/aromatic N) is 3. The van der Waals surface area contributed by atoms with Gasteiger partial charge in [0.1, 0.15) is 0 Å². The lowest BCUT2D eigenvalue weighted by Gasteiger charge is -2.14. The van der Waals surface area contributed by atoms with Gasteiger partial charge in [-0.05, 0) is 106 Å². The fourth-order valence-electron chi connectivity index (χ4n) is 9.39. The Hall–Kier alpha value is -8.27. The molecule has 0 saturated heterocycles. The van der Waals surface area contributed by atoms with E-state index in [1.54, 1.807) is 0 Å². The Bertz CT molecular complexity index is 3320. The van der Waals surface area contributed by atoms with E-state index in [0.29, 0.717) is 0 Å². The van der Waals surface area contributed by atoms with Gasteiger partial charge >= 0.3 is 0 Å². The topological polar surface area (TPSA) is 22.8 Å². The Morgan fingerprint density at radius 3 is 0.968 bits per heavy atom. The van der Waals surface area contributed by atoms with E-state index < -0.39 is 0 Å². The van der Waals surface area contributed by atoms with Gasteiger partial charge in [-0.3, -0.25) is 0 Å². The first-order valence-corrected chi connectivity index (χ1v) is 21.2. The highest BCUT2D eigenvalue weighted by atomic mass is 15.0. The van der Waals surface area contributed by atoms with Gasteiger partial charge in [-0.25, -0.2) is 4.98 Å². The Balaban J connectivity index is 0.943. The quantitative estimate of drug-likeness (QED) is 0.158. The van der Waals surface area contributed by atoms with E-state index in [1.807, 2.05) is 0 Å². The summed E-state index contributed by atoms with van der Waals surface area (Å²) in [4.78, 5) is 5.41. The highest BCUT2D eigenvalue weighted by molar-refractivity contribution is 6.10. The molecule has 62 heavy (non-hydrogen) atoms.